The smallest absolute Gasteiger partial charge is 0.131 e. The summed E-state index contributed by atoms with van der Waals surface area (Å²) in [4.78, 5) is 0. The summed E-state index contributed by atoms with van der Waals surface area (Å²) in [5.41, 5.74) is 6.94. The number of ether oxygens (including phenoxy) is 1. The zero-order valence-corrected chi connectivity index (χ0v) is 11.8. The monoisotopic (exact) mass is 322 g/mol. The predicted octanol–water partition coefficient (Wildman–Crippen LogP) is 3.97. The molecule has 0 aliphatic rings. The summed E-state index contributed by atoms with van der Waals surface area (Å²) < 4.78 is 19.4. The molecule has 0 atom stereocenters. The number of nitrogens with two attached hydrogens (primary N) is 1. The van der Waals surface area contributed by atoms with E-state index in [4.69, 9.17) is 15.9 Å². The van der Waals surface area contributed by atoms with E-state index >= 15 is 0 Å². The number of hydrogen-bond donors (Lipinski definition) is 2. The summed E-state index contributed by atoms with van der Waals surface area (Å²) in [5, 5.41) is 7.41. The van der Waals surface area contributed by atoms with Crippen molar-refractivity contribution in [3.05, 3.63) is 57.8 Å². The van der Waals surface area contributed by atoms with Crippen molar-refractivity contribution in [2.45, 2.75) is 6.92 Å². The number of halogens is 2. The molecule has 0 unspecified atom stereocenters. The second-order valence-electron chi connectivity index (χ2n) is 4.10. The van der Waals surface area contributed by atoms with E-state index in [0.717, 1.165) is 5.56 Å². The van der Waals surface area contributed by atoms with Crippen LogP contribution in [0.25, 0.3) is 0 Å². The van der Waals surface area contributed by atoms with Gasteiger partial charge in [0.25, 0.3) is 0 Å². The Labute approximate surface area is 118 Å². The zero-order valence-electron chi connectivity index (χ0n) is 10.2. The van der Waals surface area contributed by atoms with Crippen molar-refractivity contribution in [2.24, 2.45) is 5.73 Å². The standard InChI is InChI=1S/C14H12BrFN2O/c1-8-4-11(2-3-13(8)14(17)18)19-12-6-9(15)5-10(16)7-12/h2-7H,1H3,(H3,17,18). The number of nitrogen functional groups attached to an aromatic ring is 1. The molecule has 0 bridgehead atoms. The minimum atomic E-state index is -0.374. The second-order valence-corrected chi connectivity index (χ2v) is 5.01. The van der Waals surface area contributed by atoms with Gasteiger partial charge in [-0.3, -0.25) is 5.41 Å². The Morgan fingerprint density at radius 2 is 1.95 bits per heavy atom. The molecule has 0 spiro atoms. The van der Waals surface area contributed by atoms with Crippen LogP contribution in [0.3, 0.4) is 0 Å². The van der Waals surface area contributed by atoms with Gasteiger partial charge in [-0.05, 0) is 42.8 Å². The normalized spacial score (nSPS) is 10.3. The molecule has 19 heavy (non-hydrogen) atoms. The molecule has 0 radical (unpaired) electrons. The summed E-state index contributed by atoms with van der Waals surface area (Å²) in [6.07, 6.45) is 0. The van der Waals surface area contributed by atoms with E-state index < -0.39 is 0 Å². The molecule has 2 aromatic rings. The minimum absolute atomic E-state index is 0.0116. The molecule has 0 amide bonds. The fraction of sp³-hybridized carbons (Fsp3) is 0.0714. The predicted molar refractivity (Wildman–Crippen MR) is 76.4 cm³/mol. The first-order valence-corrected chi connectivity index (χ1v) is 6.34. The lowest BCUT2D eigenvalue weighted by Crippen LogP contribution is -2.12. The van der Waals surface area contributed by atoms with Crippen molar-refractivity contribution in [3.63, 3.8) is 0 Å². The molecule has 3 N–H and O–H groups in total. The van der Waals surface area contributed by atoms with Crippen LogP contribution in [0.5, 0.6) is 11.5 Å². The Balaban J connectivity index is 2.28. The van der Waals surface area contributed by atoms with Crippen molar-refractivity contribution >= 4 is 21.8 Å². The third kappa shape index (κ3) is 3.32. The molecular weight excluding hydrogens is 311 g/mol. The van der Waals surface area contributed by atoms with Crippen LogP contribution in [0.4, 0.5) is 4.39 Å². The first-order valence-electron chi connectivity index (χ1n) is 5.54. The molecule has 0 aromatic heterocycles. The number of nitrogens with one attached hydrogen (secondary N) is 1. The van der Waals surface area contributed by atoms with E-state index in [-0.39, 0.29) is 11.7 Å². The Morgan fingerprint density at radius 1 is 1.21 bits per heavy atom. The van der Waals surface area contributed by atoms with Crippen molar-refractivity contribution in [1.82, 2.24) is 0 Å². The Hall–Kier alpha value is -1.88. The maximum Gasteiger partial charge on any atom is 0.131 e. The van der Waals surface area contributed by atoms with Gasteiger partial charge in [0.15, 0.2) is 0 Å². The topological polar surface area (TPSA) is 59.1 Å². The molecule has 98 valence electrons. The molecule has 0 heterocycles. The third-order valence-corrected chi connectivity index (χ3v) is 3.02. The van der Waals surface area contributed by atoms with E-state index in [1.165, 1.54) is 12.1 Å². The fourth-order valence-corrected chi connectivity index (χ4v) is 2.17. The van der Waals surface area contributed by atoms with Crippen molar-refractivity contribution < 1.29 is 9.13 Å². The average molecular weight is 323 g/mol. The van der Waals surface area contributed by atoms with Gasteiger partial charge in [0.2, 0.25) is 0 Å². The highest BCUT2D eigenvalue weighted by Crippen LogP contribution is 2.27. The van der Waals surface area contributed by atoms with Gasteiger partial charge in [-0.1, -0.05) is 15.9 Å². The van der Waals surface area contributed by atoms with E-state index in [1.807, 2.05) is 6.92 Å². The van der Waals surface area contributed by atoms with Crippen LogP contribution >= 0.6 is 15.9 Å². The molecule has 0 aliphatic heterocycles. The number of rotatable bonds is 3. The summed E-state index contributed by atoms with van der Waals surface area (Å²) in [5.74, 6) is 0.612. The fourth-order valence-electron chi connectivity index (χ4n) is 1.73. The first-order chi connectivity index (χ1) is 8.95. The largest absolute Gasteiger partial charge is 0.457 e. The second kappa shape index (κ2) is 5.40. The molecule has 2 rings (SSSR count). The van der Waals surface area contributed by atoms with Gasteiger partial charge in [0, 0.05) is 16.1 Å². The lowest BCUT2D eigenvalue weighted by atomic mass is 10.1. The highest BCUT2D eigenvalue weighted by atomic mass is 79.9. The molecule has 0 fully saturated rings. The van der Waals surface area contributed by atoms with Crippen LogP contribution in [-0.2, 0) is 0 Å². The Bertz CT molecular complexity index is 623. The maximum atomic E-state index is 13.2. The van der Waals surface area contributed by atoms with Gasteiger partial charge in [-0.15, -0.1) is 0 Å². The third-order valence-electron chi connectivity index (χ3n) is 2.56. The van der Waals surface area contributed by atoms with Crippen LogP contribution in [0.15, 0.2) is 40.9 Å². The molecule has 3 nitrogen and oxygen atoms in total. The lowest BCUT2D eigenvalue weighted by molar-refractivity contribution is 0.476. The van der Waals surface area contributed by atoms with Gasteiger partial charge in [0.1, 0.15) is 23.2 Å². The van der Waals surface area contributed by atoms with Gasteiger partial charge in [-0.25, -0.2) is 4.39 Å². The summed E-state index contributed by atoms with van der Waals surface area (Å²) in [7, 11) is 0. The highest BCUT2D eigenvalue weighted by molar-refractivity contribution is 9.10. The lowest BCUT2D eigenvalue weighted by Gasteiger charge is -2.09. The van der Waals surface area contributed by atoms with E-state index in [1.54, 1.807) is 24.3 Å². The molecule has 0 saturated heterocycles. The van der Waals surface area contributed by atoms with Gasteiger partial charge >= 0.3 is 0 Å². The van der Waals surface area contributed by atoms with E-state index in [2.05, 4.69) is 15.9 Å². The minimum Gasteiger partial charge on any atom is -0.457 e. The van der Waals surface area contributed by atoms with Crippen molar-refractivity contribution in [2.75, 3.05) is 0 Å². The van der Waals surface area contributed by atoms with Crippen molar-refractivity contribution in [1.29, 1.82) is 5.41 Å². The van der Waals surface area contributed by atoms with Crippen molar-refractivity contribution in [3.8, 4) is 11.5 Å². The van der Waals surface area contributed by atoms with Gasteiger partial charge in [0.05, 0.1) is 0 Å². The number of benzene rings is 2. The van der Waals surface area contributed by atoms with Gasteiger partial charge in [-0.2, -0.15) is 0 Å². The number of hydrogen-bond acceptors (Lipinski definition) is 2. The number of amidine groups is 1. The molecule has 2 aromatic carbocycles. The van der Waals surface area contributed by atoms with Gasteiger partial charge < -0.3 is 10.5 Å². The maximum absolute atomic E-state index is 13.2. The van der Waals surface area contributed by atoms with Crippen LogP contribution < -0.4 is 10.5 Å². The first kappa shape index (κ1) is 13.5. The summed E-state index contributed by atoms with van der Waals surface area (Å²) in [6.45, 7) is 1.84. The van der Waals surface area contributed by atoms with Crippen LogP contribution in [0.2, 0.25) is 0 Å². The average Bonchev–Trinajstić information content (AvgIpc) is 2.26. The Morgan fingerprint density at radius 3 is 2.53 bits per heavy atom. The van der Waals surface area contributed by atoms with Crippen LogP contribution in [0.1, 0.15) is 11.1 Å². The SMILES string of the molecule is Cc1cc(Oc2cc(F)cc(Br)c2)ccc1C(=N)N. The molecule has 0 saturated carbocycles. The highest BCUT2D eigenvalue weighted by Gasteiger charge is 2.05. The molecule has 0 aliphatic carbocycles. The molecule has 5 heteroatoms. The van der Waals surface area contributed by atoms with E-state index in [9.17, 15) is 4.39 Å². The molecular formula is C14H12BrFN2O. The number of aryl methyl sites for hydroxylation is 1. The summed E-state index contributed by atoms with van der Waals surface area (Å²) in [6, 6.07) is 9.51. The van der Waals surface area contributed by atoms with E-state index in [0.29, 0.717) is 21.5 Å². The quantitative estimate of drug-likeness (QED) is 0.663. The summed E-state index contributed by atoms with van der Waals surface area (Å²) >= 11 is 3.21. The van der Waals surface area contributed by atoms with Crippen LogP contribution in [-0.4, -0.2) is 5.84 Å². The zero-order chi connectivity index (χ0) is 14.0. The Kier molecular flexibility index (Phi) is 3.85. The van der Waals surface area contributed by atoms with Crippen LogP contribution in [0, 0.1) is 18.2 Å².